The largest absolute Gasteiger partial charge is 0.379 e. The lowest BCUT2D eigenvalue weighted by Gasteiger charge is -2.42. The molecule has 4 heteroatoms. The van der Waals surface area contributed by atoms with Gasteiger partial charge in [0.15, 0.2) is 0 Å². The van der Waals surface area contributed by atoms with Crippen molar-refractivity contribution in [3.63, 3.8) is 0 Å². The zero-order valence-corrected chi connectivity index (χ0v) is 15.8. The van der Waals surface area contributed by atoms with Crippen LogP contribution in [0, 0.1) is 5.92 Å². The SMILES string of the molecule is CCO[C@H](C)C1=CN(CC)C(C(C)N2CCOCC2)=C(C)C1C. The molecule has 0 N–H and O–H groups in total. The number of likely N-dealkylation sites (N-methyl/N-ethyl adjacent to an activating group) is 1. The molecule has 0 amide bonds. The summed E-state index contributed by atoms with van der Waals surface area (Å²) in [6.07, 6.45) is 2.52. The van der Waals surface area contributed by atoms with Gasteiger partial charge in [0, 0.05) is 50.1 Å². The Morgan fingerprint density at radius 3 is 2.48 bits per heavy atom. The van der Waals surface area contributed by atoms with Crippen molar-refractivity contribution in [1.29, 1.82) is 0 Å². The third-order valence-corrected chi connectivity index (χ3v) is 5.38. The van der Waals surface area contributed by atoms with E-state index in [1.165, 1.54) is 16.8 Å². The fourth-order valence-corrected chi connectivity index (χ4v) is 3.83. The number of rotatable bonds is 6. The van der Waals surface area contributed by atoms with Crippen LogP contribution in [0.3, 0.4) is 0 Å². The van der Waals surface area contributed by atoms with Crippen molar-refractivity contribution in [3.8, 4) is 0 Å². The summed E-state index contributed by atoms with van der Waals surface area (Å²) in [5.74, 6) is 0.442. The normalized spacial score (nSPS) is 26.3. The van der Waals surface area contributed by atoms with Crippen molar-refractivity contribution >= 4 is 0 Å². The number of allylic oxidation sites excluding steroid dienone is 1. The molecule has 3 atom stereocenters. The van der Waals surface area contributed by atoms with Crippen LogP contribution in [-0.2, 0) is 9.47 Å². The van der Waals surface area contributed by atoms with E-state index in [0.29, 0.717) is 12.0 Å². The van der Waals surface area contributed by atoms with Gasteiger partial charge in [0.2, 0.25) is 0 Å². The summed E-state index contributed by atoms with van der Waals surface area (Å²) in [6.45, 7) is 18.9. The van der Waals surface area contributed by atoms with Gasteiger partial charge in [0.1, 0.15) is 0 Å². The van der Waals surface area contributed by atoms with Crippen LogP contribution >= 0.6 is 0 Å². The molecular weight excluding hydrogens is 288 g/mol. The molecule has 0 bridgehead atoms. The van der Waals surface area contributed by atoms with Crippen molar-refractivity contribution in [2.24, 2.45) is 5.92 Å². The second-order valence-corrected chi connectivity index (χ2v) is 6.63. The van der Waals surface area contributed by atoms with Crippen LogP contribution in [0.2, 0.25) is 0 Å². The van der Waals surface area contributed by atoms with Crippen LogP contribution in [0.5, 0.6) is 0 Å². The highest BCUT2D eigenvalue weighted by molar-refractivity contribution is 5.34. The fraction of sp³-hybridized carbons (Fsp3) is 0.789. The predicted molar refractivity (Wildman–Crippen MR) is 95.3 cm³/mol. The van der Waals surface area contributed by atoms with Gasteiger partial charge in [-0.25, -0.2) is 0 Å². The fourth-order valence-electron chi connectivity index (χ4n) is 3.83. The van der Waals surface area contributed by atoms with Crippen molar-refractivity contribution in [3.05, 3.63) is 23.0 Å². The minimum atomic E-state index is 0.180. The van der Waals surface area contributed by atoms with Crippen LogP contribution < -0.4 is 0 Å². The summed E-state index contributed by atoms with van der Waals surface area (Å²) in [7, 11) is 0. The highest BCUT2D eigenvalue weighted by Crippen LogP contribution is 2.35. The lowest BCUT2D eigenvalue weighted by Crippen LogP contribution is -2.47. The molecule has 0 aliphatic carbocycles. The van der Waals surface area contributed by atoms with Crippen molar-refractivity contribution < 1.29 is 9.47 Å². The predicted octanol–water partition coefficient (Wildman–Crippen LogP) is 3.26. The van der Waals surface area contributed by atoms with Gasteiger partial charge < -0.3 is 14.4 Å². The zero-order valence-electron chi connectivity index (χ0n) is 15.8. The van der Waals surface area contributed by atoms with Gasteiger partial charge in [0.25, 0.3) is 0 Å². The molecule has 0 aromatic rings. The van der Waals surface area contributed by atoms with E-state index in [1.807, 2.05) is 0 Å². The van der Waals surface area contributed by atoms with E-state index in [1.54, 1.807) is 0 Å². The molecule has 23 heavy (non-hydrogen) atoms. The Labute approximate surface area is 142 Å². The monoisotopic (exact) mass is 322 g/mol. The zero-order chi connectivity index (χ0) is 17.0. The Kier molecular flexibility index (Phi) is 6.69. The lowest BCUT2D eigenvalue weighted by atomic mass is 9.85. The molecule has 1 fully saturated rings. The molecule has 2 rings (SSSR count). The molecule has 2 aliphatic heterocycles. The van der Waals surface area contributed by atoms with E-state index in [9.17, 15) is 0 Å². The second-order valence-electron chi connectivity index (χ2n) is 6.63. The molecule has 0 saturated carbocycles. The van der Waals surface area contributed by atoms with Gasteiger partial charge in [-0.3, -0.25) is 4.90 Å². The van der Waals surface area contributed by atoms with Gasteiger partial charge in [-0.05, 0) is 45.8 Å². The first-order valence-corrected chi connectivity index (χ1v) is 9.13. The van der Waals surface area contributed by atoms with Crippen LogP contribution in [0.15, 0.2) is 23.0 Å². The topological polar surface area (TPSA) is 24.9 Å². The summed E-state index contributed by atoms with van der Waals surface area (Å²) in [6, 6.07) is 0.432. The van der Waals surface area contributed by atoms with Crippen molar-refractivity contribution in [2.75, 3.05) is 39.5 Å². The van der Waals surface area contributed by atoms with E-state index >= 15 is 0 Å². The van der Waals surface area contributed by atoms with E-state index in [4.69, 9.17) is 9.47 Å². The number of morpholine rings is 1. The van der Waals surface area contributed by atoms with Gasteiger partial charge in [-0.15, -0.1) is 0 Å². The molecule has 0 radical (unpaired) electrons. The first kappa shape index (κ1) is 18.5. The van der Waals surface area contributed by atoms with Gasteiger partial charge in [-0.2, -0.15) is 0 Å². The Hall–Kier alpha value is -0.840. The molecule has 2 heterocycles. The summed E-state index contributed by atoms with van der Waals surface area (Å²) in [4.78, 5) is 4.98. The Balaban J connectivity index is 2.24. The third-order valence-electron chi connectivity index (χ3n) is 5.38. The third kappa shape index (κ3) is 3.98. The van der Waals surface area contributed by atoms with Crippen LogP contribution in [-0.4, -0.2) is 61.4 Å². The Morgan fingerprint density at radius 1 is 1.26 bits per heavy atom. The summed E-state index contributed by atoms with van der Waals surface area (Å²) in [5.41, 5.74) is 4.34. The minimum Gasteiger partial charge on any atom is -0.379 e. The second kappa shape index (κ2) is 8.32. The first-order valence-electron chi connectivity index (χ1n) is 9.13. The molecular formula is C19H34N2O2. The molecule has 0 spiro atoms. The highest BCUT2D eigenvalue weighted by atomic mass is 16.5. The number of ether oxygens (including phenoxy) is 2. The number of hydrogen-bond donors (Lipinski definition) is 0. The Morgan fingerprint density at radius 2 is 1.91 bits per heavy atom. The first-order chi connectivity index (χ1) is 11.0. The van der Waals surface area contributed by atoms with E-state index in [-0.39, 0.29) is 6.10 Å². The van der Waals surface area contributed by atoms with Crippen LogP contribution in [0.1, 0.15) is 41.5 Å². The average molecular weight is 322 g/mol. The number of nitrogens with zero attached hydrogens (tertiary/aromatic N) is 2. The molecule has 4 nitrogen and oxygen atoms in total. The van der Waals surface area contributed by atoms with E-state index in [2.05, 4.69) is 57.5 Å². The lowest BCUT2D eigenvalue weighted by molar-refractivity contribution is 0.0223. The molecule has 1 saturated heterocycles. The summed E-state index contributed by atoms with van der Waals surface area (Å²) >= 11 is 0. The number of hydrogen-bond acceptors (Lipinski definition) is 4. The molecule has 0 aromatic carbocycles. The maximum atomic E-state index is 5.86. The standard InChI is InChI=1S/C19H34N2O2/c1-7-20-13-18(17(6)23-8-2)14(3)15(4)19(20)16(5)21-9-11-22-12-10-21/h13-14,16-17H,7-12H2,1-6H3/t14?,16?,17-/m1/s1. The maximum absolute atomic E-state index is 5.86. The van der Waals surface area contributed by atoms with E-state index in [0.717, 1.165) is 39.5 Å². The van der Waals surface area contributed by atoms with Gasteiger partial charge in [0.05, 0.1) is 19.3 Å². The average Bonchev–Trinajstić information content (AvgIpc) is 2.57. The van der Waals surface area contributed by atoms with Crippen LogP contribution in [0.4, 0.5) is 0 Å². The van der Waals surface area contributed by atoms with E-state index < -0.39 is 0 Å². The van der Waals surface area contributed by atoms with Gasteiger partial charge in [-0.1, -0.05) is 6.92 Å². The van der Waals surface area contributed by atoms with Crippen molar-refractivity contribution in [1.82, 2.24) is 9.80 Å². The minimum absolute atomic E-state index is 0.180. The van der Waals surface area contributed by atoms with Gasteiger partial charge >= 0.3 is 0 Å². The molecule has 132 valence electrons. The Bertz CT molecular complexity index is 452. The summed E-state index contributed by atoms with van der Waals surface area (Å²) < 4.78 is 11.4. The highest BCUT2D eigenvalue weighted by Gasteiger charge is 2.31. The molecule has 2 aliphatic rings. The molecule has 2 unspecified atom stereocenters. The van der Waals surface area contributed by atoms with Crippen molar-refractivity contribution in [2.45, 2.75) is 53.7 Å². The summed E-state index contributed by atoms with van der Waals surface area (Å²) in [5, 5.41) is 0. The van der Waals surface area contributed by atoms with Crippen LogP contribution in [0.25, 0.3) is 0 Å². The smallest absolute Gasteiger partial charge is 0.0779 e. The maximum Gasteiger partial charge on any atom is 0.0779 e. The quantitative estimate of drug-likeness (QED) is 0.749. The molecule has 0 aromatic heterocycles.